The van der Waals surface area contributed by atoms with Gasteiger partial charge in [0, 0.05) is 19.2 Å². The zero-order valence-electron chi connectivity index (χ0n) is 18.4. The number of nitrogens with zero attached hydrogens (tertiary/aromatic N) is 2. The molecule has 1 N–H and O–H groups in total. The summed E-state index contributed by atoms with van der Waals surface area (Å²) in [5, 5.41) is 6.73. The molecule has 1 aliphatic rings. The SMILES string of the molecule is COc1ccc(OC)c(-c2cc(C(=O)N[C@@H](C(=O)N3CCOCC3)c3ccccc3)no2)c1. The van der Waals surface area contributed by atoms with Gasteiger partial charge in [-0.3, -0.25) is 9.59 Å². The summed E-state index contributed by atoms with van der Waals surface area (Å²) in [5.41, 5.74) is 1.32. The van der Waals surface area contributed by atoms with Crippen LogP contribution in [0.5, 0.6) is 11.5 Å². The lowest BCUT2D eigenvalue weighted by atomic mass is 10.0. The normalized spacial score (nSPS) is 14.4. The van der Waals surface area contributed by atoms with Crippen molar-refractivity contribution in [3.05, 3.63) is 65.9 Å². The number of benzene rings is 2. The Balaban J connectivity index is 1.58. The molecule has 1 atom stereocenters. The van der Waals surface area contributed by atoms with Crippen molar-refractivity contribution in [3.63, 3.8) is 0 Å². The minimum Gasteiger partial charge on any atom is -0.497 e. The molecule has 9 nitrogen and oxygen atoms in total. The van der Waals surface area contributed by atoms with E-state index in [-0.39, 0.29) is 11.6 Å². The molecule has 1 fully saturated rings. The number of methoxy groups -OCH3 is 2. The molecule has 0 spiro atoms. The van der Waals surface area contributed by atoms with E-state index < -0.39 is 11.9 Å². The lowest BCUT2D eigenvalue weighted by molar-refractivity contribution is -0.137. The van der Waals surface area contributed by atoms with E-state index in [4.69, 9.17) is 18.7 Å². The first-order valence-electron chi connectivity index (χ1n) is 10.5. The van der Waals surface area contributed by atoms with Gasteiger partial charge >= 0.3 is 0 Å². The van der Waals surface area contributed by atoms with E-state index in [2.05, 4.69) is 10.5 Å². The number of nitrogens with one attached hydrogen (secondary N) is 1. The molecule has 0 radical (unpaired) electrons. The predicted octanol–water partition coefficient (Wildman–Crippen LogP) is 2.69. The van der Waals surface area contributed by atoms with Crippen molar-refractivity contribution in [2.24, 2.45) is 0 Å². The van der Waals surface area contributed by atoms with E-state index >= 15 is 0 Å². The highest BCUT2D eigenvalue weighted by Crippen LogP contribution is 2.33. The molecule has 1 aromatic heterocycles. The van der Waals surface area contributed by atoms with Gasteiger partial charge in [0.2, 0.25) is 5.91 Å². The van der Waals surface area contributed by atoms with Gasteiger partial charge < -0.3 is 29.0 Å². The minimum absolute atomic E-state index is 0.0468. The molecule has 0 aliphatic carbocycles. The van der Waals surface area contributed by atoms with Crippen LogP contribution in [0.2, 0.25) is 0 Å². The molecular weight excluding hydrogens is 426 g/mol. The largest absolute Gasteiger partial charge is 0.497 e. The quantitative estimate of drug-likeness (QED) is 0.589. The van der Waals surface area contributed by atoms with Gasteiger partial charge in [-0.1, -0.05) is 35.5 Å². The third-order valence-electron chi connectivity index (χ3n) is 5.39. The Morgan fingerprint density at radius 2 is 1.79 bits per heavy atom. The Morgan fingerprint density at radius 3 is 2.48 bits per heavy atom. The number of morpholine rings is 1. The van der Waals surface area contributed by atoms with Crippen molar-refractivity contribution < 1.29 is 28.3 Å². The van der Waals surface area contributed by atoms with Crippen LogP contribution in [0.4, 0.5) is 0 Å². The maximum atomic E-state index is 13.2. The van der Waals surface area contributed by atoms with Gasteiger partial charge in [0.1, 0.15) is 17.5 Å². The molecule has 1 saturated heterocycles. The van der Waals surface area contributed by atoms with Gasteiger partial charge in [0.25, 0.3) is 5.91 Å². The van der Waals surface area contributed by atoms with Crippen LogP contribution in [0.15, 0.2) is 59.1 Å². The molecule has 1 aliphatic heterocycles. The fourth-order valence-corrected chi connectivity index (χ4v) is 3.62. The van der Waals surface area contributed by atoms with E-state index in [1.165, 1.54) is 13.2 Å². The number of carbonyl (C=O) groups excluding carboxylic acids is 2. The summed E-state index contributed by atoms with van der Waals surface area (Å²) in [7, 11) is 3.09. The van der Waals surface area contributed by atoms with Crippen molar-refractivity contribution in [1.29, 1.82) is 0 Å². The third-order valence-corrected chi connectivity index (χ3v) is 5.39. The summed E-state index contributed by atoms with van der Waals surface area (Å²) in [4.78, 5) is 28.0. The van der Waals surface area contributed by atoms with Gasteiger partial charge in [0.05, 0.1) is 33.0 Å². The van der Waals surface area contributed by atoms with Crippen molar-refractivity contribution >= 4 is 11.8 Å². The highest BCUT2D eigenvalue weighted by Gasteiger charge is 2.30. The summed E-state index contributed by atoms with van der Waals surface area (Å²) in [6, 6.07) is 15.0. The van der Waals surface area contributed by atoms with Gasteiger partial charge in [-0.25, -0.2) is 0 Å². The second-order valence-corrected chi connectivity index (χ2v) is 7.40. The van der Waals surface area contributed by atoms with Crippen molar-refractivity contribution in [2.45, 2.75) is 6.04 Å². The second kappa shape index (κ2) is 10.2. The van der Waals surface area contributed by atoms with Gasteiger partial charge in [-0.15, -0.1) is 0 Å². The molecule has 172 valence electrons. The highest BCUT2D eigenvalue weighted by molar-refractivity contribution is 5.97. The lowest BCUT2D eigenvalue weighted by Crippen LogP contribution is -2.47. The summed E-state index contributed by atoms with van der Waals surface area (Å²) in [5.74, 6) is 0.766. The number of hydrogen-bond acceptors (Lipinski definition) is 7. The zero-order valence-corrected chi connectivity index (χ0v) is 18.4. The molecule has 9 heteroatoms. The summed E-state index contributed by atoms with van der Waals surface area (Å²) in [6.07, 6.45) is 0. The van der Waals surface area contributed by atoms with Gasteiger partial charge in [-0.05, 0) is 23.8 Å². The molecule has 33 heavy (non-hydrogen) atoms. The Kier molecular flexibility index (Phi) is 6.89. The standard InChI is InChI=1S/C24H25N3O6/c1-30-17-8-9-20(31-2)18(14-17)21-15-19(26-33-21)23(28)25-22(16-6-4-3-5-7-16)24(29)27-10-12-32-13-11-27/h3-9,14-15,22H,10-13H2,1-2H3,(H,25,28)/t22-/m1/s1. The molecule has 4 rings (SSSR count). The maximum absolute atomic E-state index is 13.2. The Morgan fingerprint density at radius 1 is 1.03 bits per heavy atom. The van der Waals surface area contributed by atoms with Crippen LogP contribution in [-0.2, 0) is 9.53 Å². The summed E-state index contributed by atoms with van der Waals surface area (Å²) < 4.78 is 21.4. The number of hydrogen-bond donors (Lipinski definition) is 1. The van der Waals surface area contributed by atoms with Crippen LogP contribution in [0.3, 0.4) is 0 Å². The predicted molar refractivity (Wildman–Crippen MR) is 119 cm³/mol. The number of aromatic nitrogens is 1. The van der Waals surface area contributed by atoms with Crippen LogP contribution < -0.4 is 14.8 Å². The van der Waals surface area contributed by atoms with Crippen LogP contribution >= 0.6 is 0 Å². The molecular formula is C24H25N3O6. The van der Waals surface area contributed by atoms with Gasteiger partial charge in [0.15, 0.2) is 11.5 Å². The van der Waals surface area contributed by atoms with Crippen LogP contribution in [0.1, 0.15) is 22.1 Å². The summed E-state index contributed by atoms with van der Waals surface area (Å²) >= 11 is 0. The summed E-state index contributed by atoms with van der Waals surface area (Å²) in [6.45, 7) is 1.88. The van der Waals surface area contributed by atoms with Crippen LogP contribution in [0, 0.1) is 0 Å². The Labute approximate surface area is 191 Å². The molecule has 0 bridgehead atoms. The average Bonchev–Trinajstić information content (AvgIpc) is 3.38. The van der Waals surface area contributed by atoms with E-state index in [1.54, 1.807) is 42.3 Å². The molecule has 2 amide bonds. The van der Waals surface area contributed by atoms with Crippen molar-refractivity contribution in [2.75, 3.05) is 40.5 Å². The van der Waals surface area contributed by atoms with E-state index in [0.29, 0.717) is 54.7 Å². The van der Waals surface area contributed by atoms with E-state index in [0.717, 1.165) is 0 Å². The molecule has 2 aromatic carbocycles. The second-order valence-electron chi connectivity index (χ2n) is 7.40. The average molecular weight is 451 g/mol. The number of amides is 2. The van der Waals surface area contributed by atoms with Gasteiger partial charge in [-0.2, -0.15) is 0 Å². The maximum Gasteiger partial charge on any atom is 0.274 e. The molecule has 3 aromatic rings. The molecule has 0 unspecified atom stereocenters. The van der Waals surface area contributed by atoms with Crippen LogP contribution in [-0.4, -0.2) is 62.4 Å². The van der Waals surface area contributed by atoms with Crippen molar-refractivity contribution in [3.8, 4) is 22.8 Å². The number of ether oxygens (including phenoxy) is 3. The molecule has 2 heterocycles. The monoisotopic (exact) mass is 451 g/mol. The fourth-order valence-electron chi connectivity index (χ4n) is 3.62. The first kappa shape index (κ1) is 22.3. The first-order chi connectivity index (χ1) is 16.1. The molecule has 0 saturated carbocycles. The van der Waals surface area contributed by atoms with E-state index in [1.807, 2.05) is 18.2 Å². The van der Waals surface area contributed by atoms with Crippen LogP contribution in [0.25, 0.3) is 11.3 Å². The zero-order chi connectivity index (χ0) is 23.2. The topological polar surface area (TPSA) is 103 Å². The first-order valence-corrected chi connectivity index (χ1v) is 10.5. The minimum atomic E-state index is -0.858. The third kappa shape index (κ3) is 4.98. The number of rotatable bonds is 7. The van der Waals surface area contributed by atoms with Crippen molar-refractivity contribution in [1.82, 2.24) is 15.4 Å². The lowest BCUT2D eigenvalue weighted by Gasteiger charge is -2.30. The van der Waals surface area contributed by atoms with E-state index in [9.17, 15) is 9.59 Å². The Bertz CT molecular complexity index is 1110. The number of carbonyl (C=O) groups is 2. The smallest absolute Gasteiger partial charge is 0.274 e. The highest BCUT2D eigenvalue weighted by atomic mass is 16.5. The fraction of sp³-hybridized carbons (Fsp3) is 0.292. The Hall–Kier alpha value is -3.85.